The molecule has 156 valence electrons. The Kier molecular flexibility index (Phi) is 5.04. The summed E-state index contributed by atoms with van der Waals surface area (Å²) in [5.74, 6) is 1.66. The zero-order chi connectivity index (χ0) is 19.3. The molecule has 0 aromatic carbocycles. The molecule has 1 amide bonds. The molecule has 28 heavy (non-hydrogen) atoms. The summed E-state index contributed by atoms with van der Waals surface area (Å²) in [4.78, 5) is 17.8. The molecule has 1 aliphatic carbocycles. The van der Waals surface area contributed by atoms with Crippen LogP contribution in [0.3, 0.4) is 0 Å². The Morgan fingerprint density at radius 1 is 1.18 bits per heavy atom. The van der Waals surface area contributed by atoms with Crippen LogP contribution >= 0.6 is 0 Å². The van der Waals surface area contributed by atoms with Gasteiger partial charge >= 0.3 is 0 Å². The van der Waals surface area contributed by atoms with Crippen LogP contribution in [-0.2, 0) is 14.6 Å². The fourth-order valence-electron chi connectivity index (χ4n) is 6.63. The molecular formula is C21H33N3O3S. The Bertz CT molecular complexity index is 765. The maximum atomic E-state index is 12.7. The van der Waals surface area contributed by atoms with E-state index in [0.29, 0.717) is 30.8 Å². The number of hydrogen-bond acceptors (Lipinski definition) is 5. The number of sulfone groups is 1. The number of nitrogens with zero attached hydrogens (tertiary/aromatic N) is 2. The van der Waals surface area contributed by atoms with Crippen molar-refractivity contribution in [3.05, 3.63) is 11.6 Å². The lowest BCUT2D eigenvalue weighted by Gasteiger charge is -2.54. The maximum absolute atomic E-state index is 12.7. The SMILES string of the molecule is O=C(CN1CCCC2=C[C@H]3C[C@@H](CN4CCCC[C@H]34)[C@@H]21)NC1CCS(=O)(=O)C1. The molecule has 5 atom stereocenters. The van der Waals surface area contributed by atoms with Crippen LogP contribution in [0.2, 0.25) is 0 Å². The summed E-state index contributed by atoms with van der Waals surface area (Å²) in [6, 6.07) is 0.962. The lowest BCUT2D eigenvalue weighted by Crippen LogP contribution is -2.60. The molecule has 0 spiro atoms. The van der Waals surface area contributed by atoms with Gasteiger partial charge in [0.15, 0.2) is 9.84 Å². The van der Waals surface area contributed by atoms with Gasteiger partial charge in [-0.3, -0.25) is 14.6 Å². The molecule has 5 aliphatic rings. The maximum Gasteiger partial charge on any atom is 0.234 e. The predicted octanol–water partition coefficient (Wildman–Crippen LogP) is 1.18. The van der Waals surface area contributed by atoms with Crippen LogP contribution in [-0.4, -0.2) is 79.9 Å². The summed E-state index contributed by atoms with van der Waals surface area (Å²) in [6.07, 6.45) is 10.8. The molecule has 1 unspecified atom stereocenters. The average molecular weight is 408 g/mol. The monoisotopic (exact) mass is 407 g/mol. The van der Waals surface area contributed by atoms with Crippen molar-refractivity contribution in [2.24, 2.45) is 11.8 Å². The van der Waals surface area contributed by atoms with Crippen molar-refractivity contribution in [3.63, 3.8) is 0 Å². The van der Waals surface area contributed by atoms with Crippen molar-refractivity contribution >= 4 is 15.7 Å². The molecule has 0 saturated carbocycles. The molecule has 0 radical (unpaired) electrons. The minimum Gasteiger partial charge on any atom is -0.351 e. The zero-order valence-electron chi connectivity index (χ0n) is 16.7. The first-order valence-corrected chi connectivity index (χ1v) is 13.0. The molecule has 0 aromatic heterocycles. The van der Waals surface area contributed by atoms with E-state index in [2.05, 4.69) is 21.2 Å². The Morgan fingerprint density at radius 2 is 2.07 bits per heavy atom. The number of fused-ring (bicyclic) bond motifs is 6. The highest BCUT2D eigenvalue weighted by Gasteiger charge is 2.46. The first-order chi connectivity index (χ1) is 13.5. The van der Waals surface area contributed by atoms with Crippen molar-refractivity contribution in [1.82, 2.24) is 15.1 Å². The molecule has 6 nitrogen and oxygen atoms in total. The molecule has 2 bridgehead atoms. The minimum atomic E-state index is -2.96. The molecule has 4 heterocycles. The summed E-state index contributed by atoms with van der Waals surface area (Å²) < 4.78 is 23.3. The normalized spacial score (nSPS) is 40.3. The van der Waals surface area contributed by atoms with Gasteiger partial charge in [-0.05, 0) is 63.5 Å². The average Bonchev–Trinajstić information content (AvgIpc) is 3.00. The van der Waals surface area contributed by atoms with Crippen LogP contribution in [0.1, 0.15) is 44.9 Å². The van der Waals surface area contributed by atoms with E-state index in [1.807, 2.05) is 0 Å². The first kappa shape index (κ1) is 19.1. The van der Waals surface area contributed by atoms with E-state index in [0.717, 1.165) is 19.0 Å². The van der Waals surface area contributed by atoms with Gasteiger partial charge in [-0.2, -0.15) is 0 Å². The van der Waals surface area contributed by atoms with Gasteiger partial charge in [0.05, 0.1) is 18.1 Å². The summed E-state index contributed by atoms with van der Waals surface area (Å²) in [5.41, 5.74) is 1.58. The molecule has 7 heteroatoms. The standard InChI is InChI=1S/C21H33N3O3S/c25-20(22-18-6-9-28(26,27)14-18)13-24-8-3-4-15-10-16-11-17(21(15)24)12-23-7-2-1-5-19(16)23/h10,16-19,21H,1-9,11-14H2,(H,22,25)/t16-,17-,18?,19+,21+/m0/s1. The van der Waals surface area contributed by atoms with Crippen molar-refractivity contribution in [3.8, 4) is 0 Å². The highest BCUT2D eigenvalue weighted by Crippen LogP contribution is 2.44. The van der Waals surface area contributed by atoms with Gasteiger partial charge in [0, 0.05) is 24.7 Å². The van der Waals surface area contributed by atoms with Crippen molar-refractivity contribution in [1.29, 1.82) is 0 Å². The summed E-state index contributed by atoms with van der Waals surface area (Å²) in [7, 11) is -2.96. The summed E-state index contributed by atoms with van der Waals surface area (Å²) in [6.45, 7) is 3.80. The smallest absolute Gasteiger partial charge is 0.234 e. The number of likely N-dealkylation sites (tertiary alicyclic amines) is 1. The number of carbonyl (C=O) groups excluding carboxylic acids is 1. The van der Waals surface area contributed by atoms with Gasteiger partial charge in [-0.15, -0.1) is 0 Å². The van der Waals surface area contributed by atoms with Gasteiger partial charge in [-0.25, -0.2) is 8.42 Å². The number of carbonyl (C=O) groups is 1. The molecule has 5 rings (SSSR count). The second-order valence-electron chi connectivity index (χ2n) is 9.65. The number of rotatable bonds is 3. The van der Waals surface area contributed by atoms with E-state index in [1.54, 1.807) is 5.57 Å². The summed E-state index contributed by atoms with van der Waals surface area (Å²) >= 11 is 0. The molecule has 4 aliphatic heterocycles. The summed E-state index contributed by atoms with van der Waals surface area (Å²) in [5, 5.41) is 2.99. The third-order valence-electron chi connectivity index (χ3n) is 7.71. The van der Waals surface area contributed by atoms with Crippen LogP contribution in [0.5, 0.6) is 0 Å². The fraction of sp³-hybridized carbons (Fsp3) is 0.857. The Hall–Kier alpha value is -0.920. The molecule has 4 fully saturated rings. The van der Waals surface area contributed by atoms with Gasteiger partial charge in [0.2, 0.25) is 5.91 Å². The minimum absolute atomic E-state index is 0.00266. The topological polar surface area (TPSA) is 69.7 Å². The predicted molar refractivity (Wildman–Crippen MR) is 109 cm³/mol. The fourth-order valence-corrected chi connectivity index (χ4v) is 8.30. The third-order valence-corrected chi connectivity index (χ3v) is 9.47. The van der Waals surface area contributed by atoms with E-state index in [-0.39, 0.29) is 23.5 Å². The second-order valence-corrected chi connectivity index (χ2v) is 11.9. The van der Waals surface area contributed by atoms with Crippen LogP contribution in [0.15, 0.2) is 11.6 Å². The van der Waals surface area contributed by atoms with Crippen LogP contribution < -0.4 is 5.32 Å². The van der Waals surface area contributed by atoms with E-state index in [1.165, 1.54) is 45.2 Å². The van der Waals surface area contributed by atoms with Crippen LogP contribution in [0.4, 0.5) is 0 Å². The highest BCUT2D eigenvalue weighted by atomic mass is 32.2. The highest BCUT2D eigenvalue weighted by molar-refractivity contribution is 7.91. The lowest BCUT2D eigenvalue weighted by atomic mass is 9.68. The van der Waals surface area contributed by atoms with E-state index in [4.69, 9.17) is 0 Å². The quantitative estimate of drug-likeness (QED) is 0.712. The number of hydrogen-bond donors (Lipinski definition) is 1. The largest absolute Gasteiger partial charge is 0.351 e. The van der Waals surface area contributed by atoms with Gasteiger partial charge in [0.1, 0.15) is 0 Å². The number of piperidine rings is 3. The van der Waals surface area contributed by atoms with Gasteiger partial charge in [-0.1, -0.05) is 18.1 Å². The zero-order valence-corrected chi connectivity index (χ0v) is 17.5. The van der Waals surface area contributed by atoms with Crippen molar-refractivity contribution in [2.45, 2.75) is 63.1 Å². The third kappa shape index (κ3) is 3.65. The molecular weight excluding hydrogens is 374 g/mol. The van der Waals surface area contributed by atoms with E-state index in [9.17, 15) is 13.2 Å². The van der Waals surface area contributed by atoms with E-state index >= 15 is 0 Å². The van der Waals surface area contributed by atoms with E-state index < -0.39 is 9.84 Å². The van der Waals surface area contributed by atoms with Crippen LogP contribution in [0.25, 0.3) is 0 Å². The number of nitrogens with one attached hydrogen (secondary N) is 1. The van der Waals surface area contributed by atoms with Crippen molar-refractivity contribution in [2.75, 3.05) is 37.7 Å². The van der Waals surface area contributed by atoms with Gasteiger partial charge < -0.3 is 5.32 Å². The Labute approximate surface area is 168 Å². The van der Waals surface area contributed by atoms with Gasteiger partial charge in [0.25, 0.3) is 0 Å². The molecule has 4 saturated heterocycles. The molecule has 1 N–H and O–H groups in total. The number of amides is 1. The Balaban J connectivity index is 1.27. The first-order valence-electron chi connectivity index (χ1n) is 11.2. The molecule has 0 aromatic rings. The lowest BCUT2D eigenvalue weighted by molar-refractivity contribution is -0.124. The Morgan fingerprint density at radius 3 is 2.89 bits per heavy atom. The van der Waals surface area contributed by atoms with Crippen molar-refractivity contribution < 1.29 is 13.2 Å². The van der Waals surface area contributed by atoms with Crippen LogP contribution in [0, 0.1) is 11.8 Å². The second kappa shape index (κ2) is 7.40.